The van der Waals surface area contributed by atoms with Gasteiger partial charge in [-0.05, 0) is 37.0 Å². The van der Waals surface area contributed by atoms with Crippen LogP contribution >= 0.6 is 11.8 Å². The first-order chi connectivity index (χ1) is 14.4. The summed E-state index contributed by atoms with van der Waals surface area (Å²) >= 11 is 1.72. The fourth-order valence-electron chi connectivity index (χ4n) is 3.67. The van der Waals surface area contributed by atoms with Crippen LogP contribution in [0.2, 0.25) is 0 Å². The van der Waals surface area contributed by atoms with Crippen molar-refractivity contribution in [3.05, 3.63) is 54.1 Å². The van der Waals surface area contributed by atoms with Crippen LogP contribution in [0.25, 0.3) is 11.4 Å². The normalized spacial score (nSPS) is 18.1. The highest BCUT2D eigenvalue weighted by Crippen LogP contribution is 2.34. The molecular weight excluding hydrogens is 386 g/mol. The molecule has 7 heteroatoms. The summed E-state index contributed by atoms with van der Waals surface area (Å²) in [5.41, 5.74) is 2.18. The maximum absolute atomic E-state index is 5.89. The number of fused-ring (bicyclic) bond motifs is 1. The predicted octanol–water partition coefficient (Wildman–Crippen LogP) is 4.38. The molecule has 0 spiro atoms. The van der Waals surface area contributed by atoms with Crippen molar-refractivity contribution < 1.29 is 14.2 Å². The maximum Gasteiger partial charge on any atom is 0.231 e. The molecule has 2 aromatic carbocycles. The Balaban J connectivity index is 1.42. The second kappa shape index (κ2) is 8.47. The first-order valence-electron chi connectivity index (χ1n) is 9.98. The zero-order valence-electron chi connectivity index (χ0n) is 16.1. The molecule has 3 aromatic rings. The van der Waals surface area contributed by atoms with E-state index in [0.717, 1.165) is 52.4 Å². The van der Waals surface area contributed by atoms with E-state index in [1.54, 1.807) is 11.8 Å². The summed E-state index contributed by atoms with van der Waals surface area (Å²) in [5, 5.41) is 9.94. The van der Waals surface area contributed by atoms with Crippen molar-refractivity contribution in [1.29, 1.82) is 0 Å². The molecule has 0 aliphatic carbocycles. The minimum Gasteiger partial charge on any atom is -0.454 e. The standard InChI is InChI=1S/C22H23N3O3S/c1-2-6-17(7-3-1)21-23-24-22(29-14-18-8-4-5-11-26-18)25(21)13-16-9-10-19-20(12-16)28-15-27-19/h1-3,6-7,9-10,12,18H,4-5,8,11,13-15H2/t18-/m1/s1. The lowest BCUT2D eigenvalue weighted by Gasteiger charge is -2.22. The van der Waals surface area contributed by atoms with E-state index in [2.05, 4.69) is 33.0 Å². The molecule has 1 saturated heterocycles. The number of thioether (sulfide) groups is 1. The van der Waals surface area contributed by atoms with Gasteiger partial charge >= 0.3 is 0 Å². The van der Waals surface area contributed by atoms with Crippen molar-refractivity contribution in [3.63, 3.8) is 0 Å². The van der Waals surface area contributed by atoms with Crippen LogP contribution in [-0.4, -0.2) is 40.0 Å². The molecule has 0 radical (unpaired) electrons. The van der Waals surface area contributed by atoms with Crippen molar-refractivity contribution in [3.8, 4) is 22.9 Å². The van der Waals surface area contributed by atoms with Gasteiger partial charge in [-0.15, -0.1) is 10.2 Å². The van der Waals surface area contributed by atoms with E-state index in [9.17, 15) is 0 Å². The number of benzene rings is 2. The van der Waals surface area contributed by atoms with Gasteiger partial charge in [0.05, 0.1) is 12.6 Å². The van der Waals surface area contributed by atoms with Gasteiger partial charge in [-0.25, -0.2) is 0 Å². The highest BCUT2D eigenvalue weighted by Gasteiger charge is 2.20. The van der Waals surface area contributed by atoms with Crippen molar-refractivity contribution in [1.82, 2.24) is 14.8 Å². The van der Waals surface area contributed by atoms with E-state index in [4.69, 9.17) is 14.2 Å². The van der Waals surface area contributed by atoms with E-state index >= 15 is 0 Å². The Morgan fingerprint density at radius 1 is 1.00 bits per heavy atom. The van der Waals surface area contributed by atoms with E-state index < -0.39 is 0 Å². The van der Waals surface area contributed by atoms with Gasteiger partial charge < -0.3 is 14.2 Å². The minimum absolute atomic E-state index is 0.281. The number of ether oxygens (including phenoxy) is 3. The van der Waals surface area contributed by atoms with Gasteiger partial charge in [0.15, 0.2) is 22.5 Å². The summed E-state index contributed by atoms with van der Waals surface area (Å²) in [6.45, 7) is 1.81. The van der Waals surface area contributed by atoms with E-state index in [1.807, 2.05) is 30.3 Å². The molecule has 6 nitrogen and oxygen atoms in total. The molecule has 0 unspecified atom stereocenters. The lowest BCUT2D eigenvalue weighted by Crippen LogP contribution is -2.21. The van der Waals surface area contributed by atoms with Crippen molar-refractivity contribution in [2.75, 3.05) is 19.2 Å². The molecule has 0 N–H and O–H groups in total. The van der Waals surface area contributed by atoms with Gasteiger partial charge in [-0.3, -0.25) is 4.57 Å². The van der Waals surface area contributed by atoms with Gasteiger partial charge in [0.25, 0.3) is 0 Å². The van der Waals surface area contributed by atoms with Crippen LogP contribution in [0.5, 0.6) is 11.5 Å². The molecule has 29 heavy (non-hydrogen) atoms. The lowest BCUT2D eigenvalue weighted by atomic mass is 10.1. The van der Waals surface area contributed by atoms with Crippen LogP contribution in [-0.2, 0) is 11.3 Å². The number of nitrogens with zero attached hydrogens (tertiary/aromatic N) is 3. The molecule has 0 saturated carbocycles. The van der Waals surface area contributed by atoms with Gasteiger partial charge in [-0.2, -0.15) is 0 Å². The molecule has 2 aliphatic heterocycles. The van der Waals surface area contributed by atoms with Crippen LogP contribution in [0.15, 0.2) is 53.7 Å². The van der Waals surface area contributed by atoms with Gasteiger partial charge in [0.2, 0.25) is 6.79 Å². The Hall–Kier alpha value is -2.51. The van der Waals surface area contributed by atoms with Crippen molar-refractivity contribution in [2.45, 2.75) is 37.1 Å². The quantitative estimate of drug-likeness (QED) is 0.563. The smallest absolute Gasteiger partial charge is 0.231 e. The third-order valence-electron chi connectivity index (χ3n) is 5.20. The maximum atomic E-state index is 5.89. The summed E-state index contributed by atoms with van der Waals surface area (Å²) in [7, 11) is 0. The molecular formula is C22H23N3O3S. The minimum atomic E-state index is 0.281. The predicted molar refractivity (Wildman–Crippen MR) is 111 cm³/mol. The first-order valence-corrected chi connectivity index (χ1v) is 11.0. The van der Waals surface area contributed by atoms with Crippen LogP contribution in [0.3, 0.4) is 0 Å². The molecule has 0 bridgehead atoms. The second-order valence-electron chi connectivity index (χ2n) is 7.25. The molecule has 2 aliphatic rings. The van der Waals surface area contributed by atoms with Crippen molar-refractivity contribution >= 4 is 11.8 Å². The summed E-state index contributed by atoms with van der Waals surface area (Å²) < 4.78 is 19.1. The third kappa shape index (κ3) is 4.11. The molecule has 0 amide bonds. The molecule has 3 heterocycles. The SMILES string of the molecule is c1ccc(-c2nnc(SC[C@H]3CCCCO3)n2Cc2ccc3c(c2)OCO3)cc1. The third-order valence-corrected chi connectivity index (χ3v) is 6.30. The Bertz CT molecular complexity index is 971. The van der Waals surface area contributed by atoms with E-state index in [1.165, 1.54) is 12.8 Å². The Kier molecular flexibility index (Phi) is 5.41. The fraction of sp³-hybridized carbons (Fsp3) is 0.364. The summed E-state index contributed by atoms with van der Waals surface area (Å²) in [6.07, 6.45) is 3.82. The molecule has 1 fully saturated rings. The first kappa shape index (κ1) is 18.5. The largest absolute Gasteiger partial charge is 0.454 e. The lowest BCUT2D eigenvalue weighted by molar-refractivity contribution is 0.0315. The average Bonchev–Trinajstić information content (AvgIpc) is 3.40. The summed E-state index contributed by atoms with van der Waals surface area (Å²) in [5.74, 6) is 3.36. The molecule has 150 valence electrons. The van der Waals surface area contributed by atoms with Gasteiger partial charge in [-0.1, -0.05) is 48.2 Å². The highest BCUT2D eigenvalue weighted by atomic mass is 32.2. The highest BCUT2D eigenvalue weighted by molar-refractivity contribution is 7.99. The fourth-order valence-corrected chi connectivity index (χ4v) is 4.67. The van der Waals surface area contributed by atoms with Crippen LogP contribution < -0.4 is 9.47 Å². The number of rotatable bonds is 6. The Morgan fingerprint density at radius 3 is 2.76 bits per heavy atom. The average molecular weight is 410 g/mol. The van der Waals surface area contributed by atoms with E-state index in [-0.39, 0.29) is 6.79 Å². The number of hydrogen-bond acceptors (Lipinski definition) is 6. The van der Waals surface area contributed by atoms with Crippen LogP contribution in [0.4, 0.5) is 0 Å². The van der Waals surface area contributed by atoms with E-state index in [0.29, 0.717) is 12.6 Å². The van der Waals surface area contributed by atoms with Crippen molar-refractivity contribution in [2.24, 2.45) is 0 Å². The number of aromatic nitrogens is 3. The summed E-state index contributed by atoms with van der Waals surface area (Å²) in [4.78, 5) is 0. The number of hydrogen-bond donors (Lipinski definition) is 0. The zero-order chi connectivity index (χ0) is 19.5. The summed E-state index contributed by atoms with van der Waals surface area (Å²) in [6, 6.07) is 16.3. The van der Waals surface area contributed by atoms with Gasteiger partial charge in [0, 0.05) is 17.9 Å². The Labute approximate surface area is 174 Å². The van der Waals surface area contributed by atoms with Crippen LogP contribution in [0, 0.1) is 0 Å². The monoisotopic (exact) mass is 409 g/mol. The van der Waals surface area contributed by atoms with Crippen LogP contribution in [0.1, 0.15) is 24.8 Å². The molecule has 1 atom stereocenters. The molecule has 1 aromatic heterocycles. The topological polar surface area (TPSA) is 58.4 Å². The van der Waals surface area contributed by atoms with Gasteiger partial charge in [0.1, 0.15) is 0 Å². The Morgan fingerprint density at radius 2 is 1.90 bits per heavy atom. The molecule has 5 rings (SSSR count). The zero-order valence-corrected chi connectivity index (χ0v) is 16.9. The second-order valence-corrected chi connectivity index (χ2v) is 8.23.